The smallest absolute Gasteiger partial charge is 0.0901 e. The SMILES string of the molecule is [c]1c[c]nc(-c2c[c]c[c]n2)c1. The molecule has 0 unspecified atom stereocenters. The molecule has 0 N–H and O–H groups in total. The minimum Gasteiger partial charge on any atom is -0.244 e. The lowest BCUT2D eigenvalue weighted by Crippen LogP contribution is -1.84. The third-order valence-corrected chi connectivity index (χ3v) is 1.37. The Hall–Kier alpha value is -1.70. The monoisotopic (exact) mass is 152 g/mol. The molecule has 2 nitrogen and oxygen atoms in total. The topological polar surface area (TPSA) is 25.8 Å². The second-order valence-corrected chi connectivity index (χ2v) is 2.16. The lowest BCUT2D eigenvalue weighted by atomic mass is 10.2. The summed E-state index contributed by atoms with van der Waals surface area (Å²) >= 11 is 0. The Kier molecular flexibility index (Phi) is 1.82. The van der Waals surface area contributed by atoms with Gasteiger partial charge in [-0.05, 0) is 36.4 Å². The van der Waals surface area contributed by atoms with Crippen molar-refractivity contribution in [3.8, 4) is 11.4 Å². The molecule has 0 aliphatic heterocycles. The van der Waals surface area contributed by atoms with Gasteiger partial charge in [-0.15, -0.1) is 0 Å². The van der Waals surface area contributed by atoms with Crippen LogP contribution in [0.3, 0.4) is 0 Å². The van der Waals surface area contributed by atoms with E-state index >= 15 is 0 Å². The van der Waals surface area contributed by atoms with Gasteiger partial charge in [0.15, 0.2) is 0 Å². The van der Waals surface area contributed by atoms with Gasteiger partial charge < -0.3 is 0 Å². The van der Waals surface area contributed by atoms with Crippen molar-refractivity contribution in [3.05, 3.63) is 48.8 Å². The summed E-state index contributed by atoms with van der Waals surface area (Å²) in [7, 11) is 0. The van der Waals surface area contributed by atoms with Crippen LogP contribution in [0.5, 0.6) is 0 Å². The van der Waals surface area contributed by atoms with E-state index in [-0.39, 0.29) is 0 Å². The van der Waals surface area contributed by atoms with Crippen molar-refractivity contribution in [3.63, 3.8) is 0 Å². The fourth-order valence-corrected chi connectivity index (χ4v) is 0.846. The summed E-state index contributed by atoms with van der Waals surface area (Å²) in [4.78, 5) is 7.98. The Labute approximate surface area is 70.9 Å². The molecule has 2 heteroatoms. The summed E-state index contributed by atoms with van der Waals surface area (Å²) in [5.41, 5.74) is 1.48. The Morgan fingerprint density at radius 2 is 1.33 bits per heavy atom. The third-order valence-electron chi connectivity index (χ3n) is 1.37. The average Bonchev–Trinajstić information content (AvgIpc) is 2.21. The molecule has 0 fully saturated rings. The Bertz CT molecular complexity index is 305. The molecule has 2 heterocycles. The first kappa shape index (κ1) is 6.98. The van der Waals surface area contributed by atoms with Crippen molar-refractivity contribution < 1.29 is 0 Å². The highest BCUT2D eigenvalue weighted by Crippen LogP contribution is 2.09. The molecular formula is C10H4N2. The van der Waals surface area contributed by atoms with Gasteiger partial charge in [0.25, 0.3) is 0 Å². The molecule has 12 heavy (non-hydrogen) atoms. The van der Waals surface area contributed by atoms with Crippen LogP contribution in [0.2, 0.25) is 0 Å². The molecule has 4 radical (unpaired) electrons. The third kappa shape index (κ3) is 1.32. The number of nitrogens with zero attached hydrogens (tertiary/aromatic N) is 2. The molecule has 0 atom stereocenters. The largest absolute Gasteiger partial charge is 0.244 e. The fourth-order valence-electron chi connectivity index (χ4n) is 0.846. The number of hydrogen-bond donors (Lipinski definition) is 0. The van der Waals surface area contributed by atoms with Crippen LogP contribution in [0.1, 0.15) is 0 Å². The molecule has 54 valence electrons. The van der Waals surface area contributed by atoms with E-state index in [1.54, 1.807) is 24.3 Å². The lowest BCUT2D eigenvalue weighted by molar-refractivity contribution is 1.23. The van der Waals surface area contributed by atoms with Gasteiger partial charge in [-0.1, -0.05) is 0 Å². The van der Waals surface area contributed by atoms with Crippen LogP contribution in [-0.4, -0.2) is 9.97 Å². The number of pyridine rings is 2. The van der Waals surface area contributed by atoms with Gasteiger partial charge in [-0.25, -0.2) is 9.97 Å². The molecule has 0 bridgehead atoms. The molecule has 0 saturated carbocycles. The zero-order valence-electron chi connectivity index (χ0n) is 6.20. The number of rotatable bonds is 1. The highest BCUT2D eigenvalue weighted by molar-refractivity contribution is 5.52. The molecule has 0 aromatic carbocycles. The van der Waals surface area contributed by atoms with E-state index in [1.165, 1.54) is 0 Å². The van der Waals surface area contributed by atoms with Crippen LogP contribution in [0, 0.1) is 24.5 Å². The van der Waals surface area contributed by atoms with Crippen LogP contribution in [0.4, 0.5) is 0 Å². The predicted octanol–water partition coefficient (Wildman–Crippen LogP) is 1.34. The van der Waals surface area contributed by atoms with E-state index in [2.05, 4.69) is 34.5 Å². The van der Waals surface area contributed by atoms with Crippen LogP contribution in [0.25, 0.3) is 11.4 Å². The van der Waals surface area contributed by atoms with E-state index in [0.717, 1.165) is 11.4 Å². The Balaban J connectivity index is 2.46. The van der Waals surface area contributed by atoms with Crippen molar-refractivity contribution in [1.29, 1.82) is 0 Å². The van der Waals surface area contributed by atoms with Crippen molar-refractivity contribution in [2.45, 2.75) is 0 Å². The maximum atomic E-state index is 3.99. The summed E-state index contributed by atoms with van der Waals surface area (Å²) in [6.45, 7) is 0. The summed E-state index contributed by atoms with van der Waals surface area (Å²) in [6.07, 6.45) is 5.37. The summed E-state index contributed by atoms with van der Waals surface area (Å²) in [6, 6.07) is 12.5. The second-order valence-electron chi connectivity index (χ2n) is 2.16. The average molecular weight is 152 g/mol. The van der Waals surface area contributed by atoms with Crippen LogP contribution >= 0.6 is 0 Å². The summed E-state index contributed by atoms with van der Waals surface area (Å²) in [5, 5.41) is 0. The van der Waals surface area contributed by atoms with Crippen molar-refractivity contribution in [2.24, 2.45) is 0 Å². The second kappa shape index (κ2) is 3.13. The Morgan fingerprint density at radius 3 is 1.67 bits per heavy atom. The molecule has 0 aliphatic carbocycles. The molecular weight excluding hydrogens is 148 g/mol. The number of aromatic nitrogens is 2. The van der Waals surface area contributed by atoms with E-state index in [0.29, 0.717) is 0 Å². The minimum atomic E-state index is 0.741. The van der Waals surface area contributed by atoms with Gasteiger partial charge in [0, 0.05) is 0 Å². The van der Waals surface area contributed by atoms with Gasteiger partial charge in [0.1, 0.15) is 0 Å². The maximum absolute atomic E-state index is 3.99. The van der Waals surface area contributed by atoms with Gasteiger partial charge >= 0.3 is 0 Å². The van der Waals surface area contributed by atoms with E-state index in [4.69, 9.17) is 0 Å². The fraction of sp³-hybridized carbons (Fsp3) is 0. The molecule has 2 aromatic heterocycles. The molecule has 2 rings (SSSR count). The molecule has 0 saturated heterocycles. The normalized spacial score (nSPS) is 9.67. The molecule has 0 spiro atoms. The first-order chi connectivity index (χ1) is 5.97. The van der Waals surface area contributed by atoms with Crippen molar-refractivity contribution >= 4 is 0 Å². The predicted molar refractivity (Wildman–Crippen MR) is 42.8 cm³/mol. The van der Waals surface area contributed by atoms with Crippen LogP contribution in [0.15, 0.2) is 24.3 Å². The highest BCUT2D eigenvalue weighted by Gasteiger charge is 1.96. The number of hydrogen-bond acceptors (Lipinski definition) is 2. The van der Waals surface area contributed by atoms with Crippen LogP contribution in [-0.2, 0) is 0 Å². The van der Waals surface area contributed by atoms with E-state index in [1.807, 2.05) is 0 Å². The first-order valence-electron chi connectivity index (χ1n) is 3.45. The zero-order valence-corrected chi connectivity index (χ0v) is 6.20. The molecule has 0 aliphatic rings. The highest BCUT2D eigenvalue weighted by atomic mass is 14.7. The van der Waals surface area contributed by atoms with E-state index in [9.17, 15) is 0 Å². The standard InChI is InChI=1S/C10H4N2/c1-3-7-11-9(5-1)10-6-2-4-8-12-10/h3-6H. The quantitative estimate of drug-likeness (QED) is 0.616. The van der Waals surface area contributed by atoms with Gasteiger partial charge in [0.2, 0.25) is 0 Å². The van der Waals surface area contributed by atoms with Gasteiger partial charge in [-0.3, -0.25) is 0 Å². The maximum Gasteiger partial charge on any atom is 0.0901 e. The zero-order chi connectivity index (χ0) is 8.23. The first-order valence-corrected chi connectivity index (χ1v) is 3.45. The van der Waals surface area contributed by atoms with Gasteiger partial charge in [0.05, 0.1) is 23.8 Å². The summed E-state index contributed by atoms with van der Waals surface area (Å²) < 4.78 is 0. The Morgan fingerprint density at radius 1 is 0.833 bits per heavy atom. The molecule has 0 amide bonds. The van der Waals surface area contributed by atoms with Crippen molar-refractivity contribution in [1.82, 2.24) is 9.97 Å². The minimum absolute atomic E-state index is 0.741. The van der Waals surface area contributed by atoms with Crippen LogP contribution < -0.4 is 0 Å². The van der Waals surface area contributed by atoms with Gasteiger partial charge in [-0.2, -0.15) is 0 Å². The summed E-state index contributed by atoms with van der Waals surface area (Å²) in [5.74, 6) is 0. The van der Waals surface area contributed by atoms with E-state index < -0.39 is 0 Å². The lowest BCUT2D eigenvalue weighted by Gasteiger charge is -1.94. The molecule has 2 aromatic rings. The van der Waals surface area contributed by atoms with Crippen molar-refractivity contribution in [2.75, 3.05) is 0 Å².